The molecule has 1 amide bonds. The maximum absolute atomic E-state index is 11.6. The molecule has 0 heterocycles. The highest BCUT2D eigenvalue weighted by molar-refractivity contribution is 7.89. The van der Waals surface area contributed by atoms with Gasteiger partial charge < -0.3 is 10.4 Å². The van der Waals surface area contributed by atoms with Crippen molar-refractivity contribution in [3.8, 4) is 0 Å². The predicted octanol–water partition coefficient (Wildman–Crippen LogP) is 0.303. The lowest BCUT2D eigenvalue weighted by Gasteiger charge is -2.09. The van der Waals surface area contributed by atoms with Crippen molar-refractivity contribution in [2.24, 2.45) is 5.14 Å². The molecule has 0 aliphatic heterocycles. The zero-order chi connectivity index (χ0) is 14.6. The third kappa shape index (κ3) is 4.19. The summed E-state index contributed by atoms with van der Waals surface area (Å²) in [5.74, 6) is -1.99. The molecule has 0 aliphatic rings. The molecule has 8 heteroatoms. The van der Waals surface area contributed by atoms with E-state index in [1.165, 1.54) is 31.2 Å². The first-order valence-corrected chi connectivity index (χ1v) is 6.61. The Labute approximate surface area is 109 Å². The van der Waals surface area contributed by atoms with Crippen LogP contribution in [0.25, 0.3) is 0 Å². The van der Waals surface area contributed by atoms with Crippen LogP contribution in [0.4, 0.5) is 5.69 Å². The summed E-state index contributed by atoms with van der Waals surface area (Å²) in [5, 5.41) is 15.8. The number of carboxylic acids is 1. The Bertz CT molecular complexity index is 649. The minimum Gasteiger partial charge on any atom is -0.478 e. The molecule has 1 aromatic carbocycles. The molecule has 1 aromatic rings. The number of anilines is 1. The van der Waals surface area contributed by atoms with E-state index in [4.69, 9.17) is 10.2 Å². The largest absolute Gasteiger partial charge is 0.478 e. The first kappa shape index (κ1) is 14.9. The monoisotopic (exact) mass is 284 g/mol. The summed E-state index contributed by atoms with van der Waals surface area (Å²) in [5.41, 5.74) is -0.0788. The molecule has 0 atom stereocenters. The molecule has 0 unspecified atom stereocenters. The molecule has 0 radical (unpaired) electrons. The van der Waals surface area contributed by atoms with Crippen LogP contribution >= 0.6 is 0 Å². The molecule has 7 nitrogen and oxygen atoms in total. The number of aliphatic carboxylic acids is 1. The first-order chi connectivity index (χ1) is 8.71. The Morgan fingerprint density at radius 1 is 1.32 bits per heavy atom. The van der Waals surface area contributed by atoms with Gasteiger partial charge in [-0.25, -0.2) is 18.4 Å². The third-order valence-electron chi connectivity index (χ3n) is 2.14. The second-order valence-electron chi connectivity index (χ2n) is 3.66. The van der Waals surface area contributed by atoms with Gasteiger partial charge in [0.15, 0.2) is 0 Å². The molecule has 0 saturated carbocycles. The minimum atomic E-state index is -3.98. The number of amides is 1. The number of benzene rings is 1. The van der Waals surface area contributed by atoms with Crippen LogP contribution in [-0.2, 0) is 19.6 Å². The third-order valence-corrected chi connectivity index (χ3v) is 3.11. The molecule has 4 N–H and O–H groups in total. The lowest BCUT2D eigenvalue weighted by Crippen LogP contribution is -2.19. The summed E-state index contributed by atoms with van der Waals surface area (Å²) in [6, 6.07) is 5.56. The van der Waals surface area contributed by atoms with Gasteiger partial charge in [0.25, 0.3) is 5.91 Å². The number of carbonyl (C=O) groups is 2. The number of sulfonamides is 1. The average molecular weight is 284 g/mol. The van der Waals surface area contributed by atoms with Crippen molar-refractivity contribution in [3.63, 3.8) is 0 Å². The maximum atomic E-state index is 11.6. The maximum Gasteiger partial charge on any atom is 0.328 e. The van der Waals surface area contributed by atoms with Crippen LogP contribution in [0.15, 0.2) is 40.8 Å². The van der Waals surface area contributed by atoms with E-state index in [9.17, 15) is 18.0 Å². The van der Waals surface area contributed by atoms with Crippen molar-refractivity contribution in [1.82, 2.24) is 0 Å². The summed E-state index contributed by atoms with van der Waals surface area (Å²) in [6.45, 7) is 1.29. The second-order valence-corrected chi connectivity index (χ2v) is 5.19. The number of nitrogens with one attached hydrogen (secondary N) is 1. The summed E-state index contributed by atoms with van der Waals surface area (Å²) in [7, 11) is -3.98. The Morgan fingerprint density at radius 2 is 1.89 bits per heavy atom. The molecule has 0 bridgehead atoms. The van der Waals surface area contributed by atoms with Gasteiger partial charge in [0.2, 0.25) is 10.0 Å². The molecule has 0 saturated heterocycles. The first-order valence-electron chi connectivity index (χ1n) is 5.06. The van der Waals surface area contributed by atoms with Crippen molar-refractivity contribution in [3.05, 3.63) is 35.9 Å². The van der Waals surface area contributed by atoms with Gasteiger partial charge in [-0.05, 0) is 19.1 Å². The normalized spacial score (nSPS) is 12.0. The average Bonchev–Trinajstić information content (AvgIpc) is 2.27. The summed E-state index contributed by atoms with van der Waals surface area (Å²) in [6.07, 6.45) is 0.717. The van der Waals surface area contributed by atoms with Crippen LogP contribution in [0, 0.1) is 0 Å². The second kappa shape index (κ2) is 5.63. The number of primary sulfonamides is 1. The van der Waals surface area contributed by atoms with Gasteiger partial charge in [0, 0.05) is 11.6 Å². The van der Waals surface area contributed by atoms with Crippen LogP contribution in [0.1, 0.15) is 6.92 Å². The molecule has 102 valence electrons. The van der Waals surface area contributed by atoms with E-state index >= 15 is 0 Å². The SMILES string of the molecule is CC(=CC(=O)O)C(=O)Nc1ccccc1S(N)(=O)=O. The highest BCUT2D eigenvalue weighted by Gasteiger charge is 2.15. The number of hydrogen-bond donors (Lipinski definition) is 3. The fraction of sp³-hybridized carbons (Fsp3) is 0.0909. The van der Waals surface area contributed by atoms with Crippen molar-refractivity contribution in [2.45, 2.75) is 11.8 Å². The zero-order valence-electron chi connectivity index (χ0n) is 9.95. The summed E-state index contributed by atoms with van der Waals surface area (Å²) in [4.78, 5) is 21.8. The number of carboxylic acid groups (broad SMARTS) is 1. The van der Waals surface area contributed by atoms with E-state index in [1.54, 1.807) is 0 Å². The van der Waals surface area contributed by atoms with Gasteiger partial charge >= 0.3 is 5.97 Å². The molecule has 0 aliphatic carbocycles. The number of rotatable bonds is 4. The molecule has 1 rings (SSSR count). The van der Waals surface area contributed by atoms with Crippen LogP contribution in [0.5, 0.6) is 0 Å². The standard InChI is InChI=1S/C11H12N2O5S/c1-7(6-10(14)15)11(16)13-8-4-2-3-5-9(8)19(12,17)18/h2-6H,1H3,(H,13,16)(H,14,15)(H2,12,17,18). The highest BCUT2D eigenvalue weighted by Crippen LogP contribution is 2.19. The lowest BCUT2D eigenvalue weighted by molar-refractivity contribution is -0.131. The smallest absolute Gasteiger partial charge is 0.328 e. The topological polar surface area (TPSA) is 127 Å². The number of hydrogen-bond acceptors (Lipinski definition) is 4. The lowest BCUT2D eigenvalue weighted by atomic mass is 10.2. The van der Waals surface area contributed by atoms with E-state index in [0.717, 1.165) is 6.08 Å². The van der Waals surface area contributed by atoms with Crippen molar-refractivity contribution in [2.75, 3.05) is 5.32 Å². The molecular weight excluding hydrogens is 272 g/mol. The zero-order valence-corrected chi connectivity index (χ0v) is 10.8. The Hall–Kier alpha value is -2.19. The quantitative estimate of drug-likeness (QED) is 0.685. The van der Waals surface area contributed by atoms with Crippen molar-refractivity contribution >= 4 is 27.6 Å². The highest BCUT2D eigenvalue weighted by atomic mass is 32.2. The number of carbonyl (C=O) groups excluding carboxylic acids is 1. The van der Waals surface area contributed by atoms with E-state index in [-0.39, 0.29) is 16.2 Å². The van der Waals surface area contributed by atoms with Crippen molar-refractivity contribution < 1.29 is 23.1 Å². The Balaban J connectivity index is 3.08. The van der Waals surface area contributed by atoms with Gasteiger partial charge in [0.05, 0.1) is 5.69 Å². The van der Waals surface area contributed by atoms with Crippen LogP contribution < -0.4 is 10.5 Å². The Kier molecular flexibility index (Phi) is 4.41. The molecule has 19 heavy (non-hydrogen) atoms. The minimum absolute atomic E-state index is 0.00635. The molecule has 0 aromatic heterocycles. The van der Waals surface area contributed by atoms with E-state index < -0.39 is 21.9 Å². The van der Waals surface area contributed by atoms with Crippen LogP contribution in [-0.4, -0.2) is 25.4 Å². The molecular formula is C11H12N2O5S. The van der Waals surface area contributed by atoms with E-state index in [1.807, 2.05) is 0 Å². The Morgan fingerprint density at radius 3 is 2.42 bits per heavy atom. The van der Waals surface area contributed by atoms with Crippen LogP contribution in [0.2, 0.25) is 0 Å². The summed E-state index contributed by atoms with van der Waals surface area (Å²) >= 11 is 0. The van der Waals surface area contributed by atoms with E-state index in [2.05, 4.69) is 5.32 Å². The predicted molar refractivity (Wildman–Crippen MR) is 67.8 cm³/mol. The van der Waals surface area contributed by atoms with E-state index in [0.29, 0.717) is 0 Å². The number of para-hydroxylation sites is 1. The molecule has 0 spiro atoms. The van der Waals surface area contributed by atoms with Gasteiger partial charge in [-0.1, -0.05) is 12.1 Å². The fourth-order valence-electron chi connectivity index (χ4n) is 1.29. The fourth-order valence-corrected chi connectivity index (χ4v) is 1.98. The van der Waals surface area contributed by atoms with Gasteiger partial charge in [-0.2, -0.15) is 0 Å². The van der Waals surface area contributed by atoms with Gasteiger partial charge in [-0.15, -0.1) is 0 Å². The van der Waals surface area contributed by atoms with Gasteiger partial charge in [0.1, 0.15) is 4.90 Å². The summed E-state index contributed by atoms with van der Waals surface area (Å²) < 4.78 is 22.6. The van der Waals surface area contributed by atoms with Crippen molar-refractivity contribution in [1.29, 1.82) is 0 Å². The van der Waals surface area contributed by atoms with Crippen LogP contribution in [0.3, 0.4) is 0 Å². The molecule has 0 fully saturated rings. The number of nitrogens with two attached hydrogens (primary N) is 1. The van der Waals surface area contributed by atoms with Gasteiger partial charge in [-0.3, -0.25) is 4.79 Å².